The van der Waals surface area contributed by atoms with Crippen LogP contribution in [0.1, 0.15) is 17.5 Å². The Morgan fingerprint density at radius 2 is 1.80 bits per heavy atom. The predicted octanol–water partition coefficient (Wildman–Crippen LogP) is -2.16. The van der Waals surface area contributed by atoms with E-state index in [4.69, 9.17) is 0 Å². The van der Waals surface area contributed by atoms with Gasteiger partial charge in [-0.1, -0.05) is 6.07 Å². The third kappa shape index (κ3) is 4.04. The Bertz CT molecular complexity index is 637. The first-order chi connectivity index (χ1) is 9.13. The van der Waals surface area contributed by atoms with E-state index in [1.165, 1.54) is 12.1 Å². The molecule has 1 rings (SSSR count). The van der Waals surface area contributed by atoms with E-state index in [0.717, 1.165) is 5.56 Å². The Labute approximate surface area is 116 Å². The lowest BCUT2D eigenvalue weighted by Gasteiger charge is -2.20. The van der Waals surface area contributed by atoms with Crippen LogP contribution in [0.2, 0.25) is 0 Å². The minimum Gasteiger partial charge on any atom is -0.550 e. The number of hydrogen-bond acceptors (Lipinski definition) is 6. The molecule has 0 aliphatic rings. The van der Waals surface area contributed by atoms with E-state index < -0.39 is 34.4 Å². The minimum absolute atomic E-state index is 0.148. The van der Waals surface area contributed by atoms with Crippen LogP contribution in [0.15, 0.2) is 23.1 Å². The number of nitrogens with one attached hydrogen (secondary N) is 1. The van der Waals surface area contributed by atoms with Crippen molar-refractivity contribution in [3.05, 3.63) is 29.3 Å². The molecule has 0 saturated carbocycles. The SMILES string of the molecule is Cc1ccc(S(=O)(=O)N[C@H](CC(=O)[O-])C(=O)[O-])cc1C. The second-order valence-corrected chi connectivity index (χ2v) is 6.03. The quantitative estimate of drug-likeness (QED) is 0.637. The third-order valence-electron chi connectivity index (χ3n) is 2.74. The molecular formula is C12H13NO6S-2. The van der Waals surface area contributed by atoms with E-state index in [1.807, 2.05) is 0 Å². The zero-order valence-corrected chi connectivity index (χ0v) is 11.7. The van der Waals surface area contributed by atoms with Gasteiger partial charge in [-0.15, -0.1) is 0 Å². The maximum Gasteiger partial charge on any atom is 0.241 e. The lowest BCUT2D eigenvalue weighted by molar-refractivity contribution is -0.317. The van der Waals surface area contributed by atoms with E-state index in [2.05, 4.69) is 0 Å². The second-order valence-electron chi connectivity index (χ2n) is 4.32. The highest BCUT2D eigenvalue weighted by Gasteiger charge is 2.21. The highest BCUT2D eigenvalue weighted by molar-refractivity contribution is 7.89. The molecule has 1 N–H and O–H groups in total. The number of carbonyl (C=O) groups is 2. The molecule has 20 heavy (non-hydrogen) atoms. The molecule has 110 valence electrons. The zero-order chi connectivity index (χ0) is 15.5. The average molecular weight is 299 g/mol. The number of aryl methyl sites for hydroxylation is 2. The van der Waals surface area contributed by atoms with Crippen LogP contribution in [0.3, 0.4) is 0 Å². The molecule has 1 aromatic rings. The predicted molar refractivity (Wildman–Crippen MR) is 64.7 cm³/mol. The van der Waals surface area contributed by atoms with Crippen molar-refractivity contribution in [2.24, 2.45) is 0 Å². The first-order valence-electron chi connectivity index (χ1n) is 5.64. The van der Waals surface area contributed by atoms with Gasteiger partial charge < -0.3 is 19.8 Å². The number of sulfonamides is 1. The maximum atomic E-state index is 12.0. The average Bonchev–Trinajstić information content (AvgIpc) is 2.30. The highest BCUT2D eigenvalue weighted by Crippen LogP contribution is 2.15. The fourth-order valence-electron chi connectivity index (χ4n) is 1.48. The minimum atomic E-state index is -4.15. The van der Waals surface area contributed by atoms with Crippen LogP contribution >= 0.6 is 0 Å². The summed E-state index contributed by atoms with van der Waals surface area (Å²) in [6.07, 6.45) is -1.01. The molecule has 0 aromatic heterocycles. The summed E-state index contributed by atoms with van der Waals surface area (Å²) in [6.45, 7) is 3.49. The van der Waals surface area contributed by atoms with Gasteiger partial charge in [-0.05, 0) is 37.1 Å². The van der Waals surface area contributed by atoms with Gasteiger partial charge in [0.25, 0.3) is 0 Å². The summed E-state index contributed by atoms with van der Waals surface area (Å²) in [6, 6.07) is 2.35. The molecule has 8 heteroatoms. The largest absolute Gasteiger partial charge is 0.550 e. The molecule has 1 aromatic carbocycles. The molecule has 7 nitrogen and oxygen atoms in total. The Balaban J connectivity index is 3.06. The van der Waals surface area contributed by atoms with Crippen LogP contribution in [0, 0.1) is 13.8 Å². The molecule has 0 aliphatic heterocycles. The van der Waals surface area contributed by atoms with Crippen LogP contribution < -0.4 is 14.9 Å². The monoisotopic (exact) mass is 299 g/mol. The zero-order valence-electron chi connectivity index (χ0n) is 10.9. The van der Waals surface area contributed by atoms with E-state index in [-0.39, 0.29) is 4.90 Å². The lowest BCUT2D eigenvalue weighted by atomic mass is 10.1. The number of rotatable bonds is 6. The van der Waals surface area contributed by atoms with Gasteiger partial charge in [-0.3, -0.25) is 0 Å². The normalized spacial score (nSPS) is 12.9. The van der Waals surface area contributed by atoms with E-state index in [9.17, 15) is 28.2 Å². The lowest BCUT2D eigenvalue weighted by Crippen LogP contribution is -2.50. The molecule has 0 saturated heterocycles. The second kappa shape index (κ2) is 6.02. The van der Waals surface area contributed by atoms with Gasteiger partial charge in [0.1, 0.15) is 0 Å². The van der Waals surface area contributed by atoms with Gasteiger partial charge >= 0.3 is 0 Å². The Kier molecular flexibility index (Phi) is 4.85. The van der Waals surface area contributed by atoms with Crippen molar-refractivity contribution in [1.82, 2.24) is 4.72 Å². The molecule has 0 radical (unpaired) electrons. The molecule has 0 amide bonds. The van der Waals surface area contributed by atoms with Crippen molar-refractivity contribution in [1.29, 1.82) is 0 Å². The van der Waals surface area contributed by atoms with E-state index in [0.29, 0.717) is 5.56 Å². The number of benzene rings is 1. The summed E-state index contributed by atoms with van der Waals surface area (Å²) in [5.41, 5.74) is 1.58. The van der Waals surface area contributed by atoms with Crippen molar-refractivity contribution in [3.8, 4) is 0 Å². The number of aliphatic carboxylic acids is 2. The molecule has 0 bridgehead atoms. The van der Waals surface area contributed by atoms with Crippen LogP contribution in [0.5, 0.6) is 0 Å². The first kappa shape index (κ1) is 16.1. The summed E-state index contributed by atoms with van der Waals surface area (Å²) in [4.78, 5) is 21.0. The fourth-order valence-corrected chi connectivity index (χ4v) is 2.75. The van der Waals surface area contributed by atoms with Gasteiger partial charge in [0.15, 0.2) is 0 Å². The van der Waals surface area contributed by atoms with Crippen molar-refractivity contribution in [2.45, 2.75) is 31.2 Å². The smallest absolute Gasteiger partial charge is 0.241 e. The third-order valence-corrected chi connectivity index (χ3v) is 4.21. The Hall–Kier alpha value is -1.93. The summed E-state index contributed by atoms with van der Waals surface area (Å²) < 4.78 is 25.7. The molecule has 0 aliphatic carbocycles. The summed E-state index contributed by atoms with van der Waals surface area (Å²) in [5, 5.41) is 21.1. The topological polar surface area (TPSA) is 126 Å². The number of carboxylic acids is 2. The first-order valence-corrected chi connectivity index (χ1v) is 7.12. The van der Waals surface area contributed by atoms with Crippen molar-refractivity contribution < 1.29 is 28.2 Å². The van der Waals surface area contributed by atoms with Crippen LogP contribution in [0.25, 0.3) is 0 Å². The molecule has 0 heterocycles. The van der Waals surface area contributed by atoms with E-state index in [1.54, 1.807) is 24.6 Å². The highest BCUT2D eigenvalue weighted by atomic mass is 32.2. The molecule has 0 unspecified atom stereocenters. The Morgan fingerprint density at radius 1 is 1.20 bits per heavy atom. The number of carbonyl (C=O) groups excluding carboxylic acids is 2. The molecular weight excluding hydrogens is 286 g/mol. The van der Waals surface area contributed by atoms with Crippen molar-refractivity contribution in [2.75, 3.05) is 0 Å². The van der Waals surface area contributed by atoms with Crippen LogP contribution in [-0.4, -0.2) is 26.4 Å². The maximum absolute atomic E-state index is 12.0. The van der Waals surface area contributed by atoms with Crippen LogP contribution in [-0.2, 0) is 19.6 Å². The summed E-state index contributed by atoms with van der Waals surface area (Å²) in [7, 11) is -4.15. The standard InChI is InChI=1S/C12H15NO6S/c1-7-3-4-9(5-8(7)2)20(18,19)13-10(12(16)17)6-11(14)15/h3-5,10,13H,6H2,1-2H3,(H,14,15)(H,16,17)/p-2/t10-/m1/s1. The van der Waals surface area contributed by atoms with Gasteiger partial charge in [-0.25, -0.2) is 13.1 Å². The summed E-state index contributed by atoms with van der Waals surface area (Å²) >= 11 is 0. The molecule has 0 fully saturated rings. The number of hydrogen-bond donors (Lipinski definition) is 1. The van der Waals surface area contributed by atoms with Gasteiger partial charge in [0, 0.05) is 12.4 Å². The Morgan fingerprint density at radius 3 is 2.25 bits per heavy atom. The van der Waals surface area contributed by atoms with Gasteiger partial charge in [0.05, 0.1) is 16.9 Å². The summed E-state index contributed by atoms with van der Waals surface area (Å²) in [5.74, 6) is -3.52. The van der Waals surface area contributed by atoms with Crippen LogP contribution in [0.4, 0.5) is 0 Å². The molecule has 0 spiro atoms. The van der Waals surface area contributed by atoms with Gasteiger partial charge in [0.2, 0.25) is 10.0 Å². The number of carboxylic acid groups (broad SMARTS) is 2. The van der Waals surface area contributed by atoms with E-state index >= 15 is 0 Å². The van der Waals surface area contributed by atoms with Crippen molar-refractivity contribution in [3.63, 3.8) is 0 Å². The van der Waals surface area contributed by atoms with Crippen molar-refractivity contribution >= 4 is 22.0 Å². The molecule has 1 atom stereocenters. The van der Waals surface area contributed by atoms with Gasteiger partial charge in [-0.2, -0.15) is 0 Å². The fraction of sp³-hybridized carbons (Fsp3) is 0.333.